The number of benzene rings is 1. The molecular weight excluding hydrogens is 404 g/mol. The molecule has 1 N–H and O–H groups in total. The molecule has 0 amide bonds. The van der Waals surface area contributed by atoms with Gasteiger partial charge in [0.2, 0.25) is 0 Å². The lowest BCUT2D eigenvalue weighted by Gasteiger charge is -2.36. The highest BCUT2D eigenvalue weighted by molar-refractivity contribution is 5.83. The predicted octanol–water partition coefficient (Wildman–Crippen LogP) is 3.13. The molecule has 2 fully saturated rings. The van der Waals surface area contributed by atoms with Gasteiger partial charge in [-0.25, -0.2) is 4.68 Å². The third kappa shape index (κ3) is 3.97. The van der Waals surface area contributed by atoms with Gasteiger partial charge < -0.3 is 9.72 Å². The van der Waals surface area contributed by atoms with E-state index in [0.717, 1.165) is 61.2 Å². The van der Waals surface area contributed by atoms with Crippen LogP contribution in [0.3, 0.4) is 0 Å². The number of aromatic nitrogens is 5. The fraction of sp³-hybridized carbons (Fsp3) is 0.583. The molecule has 2 saturated heterocycles. The zero-order valence-corrected chi connectivity index (χ0v) is 19.2. The van der Waals surface area contributed by atoms with Crippen molar-refractivity contribution in [3.05, 3.63) is 51.1 Å². The van der Waals surface area contributed by atoms with Crippen LogP contribution in [-0.4, -0.2) is 55.9 Å². The quantitative estimate of drug-likeness (QED) is 0.661. The standard InChI is InChI=1S/C24H32N6O2/c1-15-6-4-10-29(13-15)22(23-26-27-28-30(23)14-19-7-5-11-32-19)20-12-18-9-8-16(2)17(3)21(18)25-24(20)31/h8-9,12,15,19,22H,4-7,10-11,13-14H2,1-3H3,(H,25,31)/t15-,19-,22-/m1/s1. The molecule has 0 aliphatic carbocycles. The zero-order valence-electron chi connectivity index (χ0n) is 19.2. The first-order chi connectivity index (χ1) is 15.5. The van der Waals surface area contributed by atoms with Crippen molar-refractivity contribution < 1.29 is 4.74 Å². The molecule has 4 heterocycles. The number of likely N-dealkylation sites (tertiary alicyclic amines) is 1. The van der Waals surface area contributed by atoms with Crippen molar-refractivity contribution in [1.82, 2.24) is 30.1 Å². The summed E-state index contributed by atoms with van der Waals surface area (Å²) in [5.41, 5.74) is 3.82. The Labute approximate surface area is 188 Å². The topological polar surface area (TPSA) is 88.9 Å². The number of aromatic amines is 1. The molecule has 0 unspecified atom stereocenters. The summed E-state index contributed by atoms with van der Waals surface area (Å²) in [7, 11) is 0. The summed E-state index contributed by atoms with van der Waals surface area (Å²) in [5, 5.41) is 13.8. The van der Waals surface area contributed by atoms with E-state index in [9.17, 15) is 4.79 Å². The lowest BCUT2D eigenvalue weighted by molar-refractivity contribution is 0.0889. The number of nitrogens with one attached hydrogen (secondary N) is 1. The van der Waals surface area contributed by atoms with Crippen molar-refractivity contribution in [2.24, 2.45) is 5.92 Å². The van der Waals surface area contributed by atoms with Crippen molar-refractivity contribution in [3.63, 3.8) is 0 Å². The highest BCUT2D eigenvalue weighted by Crippen LogP contribution is 2.32. The van der Waals surface area contributed by atoms with Crippen LogP contribution >= 0.6 is 0 Å². The number of tetrazole rings is 1. The molecule has 2 aliphatic rings. The minimum atomic E-state index is -0.288. The number of hydrogen-bond donors (Lipinski definition) is 1. The predicted molar refractivity (Wildman–Crippen MR) is 123 cm³/mol. The van der Waals surface area contributed by atoms with Crippen LogP contribution in [0.1, 0.15) is 61.2 Å². The van der Waals surface area contributed by atoms with Gasteiger partial charge in [0.25, 0.3) is 5.56 Å². The molecule has 8 nitrogen and oxygen atoms in total. The van der Waals surface area contributed by atoms with E-state index in [-0.39, 0.29) is 17.7 Å². The van der Waals surface area contributed by atoms with Crippen molar-refractivity contribution in [3.8, 4) is 0 Å². The van der Waals surface area contributed by atoms with Crippen LogP contribution < -0.4 is 5.56 Å². The van der Waals surface area contributed by atoms with Gasteiger partial charge in [-0.3, -0.25) is 9.69 Å². The Morgan fingerprint density at radius 1 is 1.25 bits per heavy atom. The minimum Gasteiger partial charge on any atom is -0.376 e. The summed E-state index contributed by atoms with van der Waals surface area (Å²) >= 11 is 0. The summed E-state index contributed by atoms with van der Waals surface area (Å²) in [6.45, 7) is 9.64. The Balaban J connectivity index is 1.62. The smallest absolute Gasteiger partial charge is 0.253 e. The second kappa shape index (κ2) is 8.75. The summed E-state index contributed by atoms with van der Waals surface area (Å²) in [5.74, 6) is 1.29. The molecule has 2 aromatic heterocycles. The monoisotopic (exact) mass is 436 g/mol. The van der Waals surface area contributed by atoms with E-state index in [4.69, 9.17) is 4.74 Å². The van der Waals surface area contributed by atoms with Crippen LogP contribution in [-0.2, 0) is 11.3 Å². The number of aryl methyl sites for hydroxylation is 2. The second-order valence-electron chi connectivity index (χ2n) is 9.52. The third-order valence-electron chi connectivity index (χ3n) is 7.13. The molecule has 5 rings (SSSR count). The van der Waals surface area contributed by atoms with Crippen LogP contribution in [0.5, 0.6) is 0 Å². The largest absolute Gasteiger partial charge is 0.376 e. The summed E-state index contributed by atoms with van der Waals surface area (Å²) in [6.07, 6.45) is 4.52. The van der Waals surface area contributed by atoms with Crippen molar-refractivity contribution in [2.75, 3.05) is 19.7 Å². The normalized spacial score (nSPS) is 23.1. The molecule has 3 atom stereocenters. The van der Waals surface area contributed by atoms with E-state index in [1.165, 1.54) is 12.0 Å². The Hall–Kier alpha value is -2.58. The number of fused-ring (bicyclic) bond motifs is 1. The van der Waals surface area contributed by atoms with Gasteiger partial charge in [-0.1, -0.05) is 19.1 Å². The third-order valence-corrected chi connectivity index (χ3v) is 7.13. The Bertz CT molecular complexity index is 1160. The van der Waals surface area contributed by atoms with Crippen molar-refractivity contribution in [2.45, 2.75) is 65.1 Å². The van der Waals surface area contributed by atoms with E-state index < -0.39 is 0 Å². The molecule has 3 aromatic rings. The fourth-order valence-corrected chi connectivity index (χ4v) is 5.22. The number of nitrogens with zero attached hydrogens (tertiary/aromatic N) is 5. The van der Waals surface area contributed by atoms with Crippen LogP contribution in [0.2, 0.25) is 0 Å². The number of H-pyrrole nitrogens is 1. The molecular formula is C24H32N6O2. The molecule has 32 heavy (non-hydrogen) atoms. The van der Waals surface area contributed by atoms with Crippen LogP contribution in [0.4, 0.5) is 0 Å². The maximum atomic E-state index is 13.4. The molecule has 0 radical (unpaired) electrons. The van der Waals surface area contributed by atoms with Gasteiger partial charge in [-0.05, 0) is 85.0 Å². The van der Waals surface area contributed by atoms with Gasteiger partial charge in [0.05, 0.1) is 18.2 Å². The van der Waals surface area contributed by atoms with Gasteiger partial charge in [-0.15, -0.1) is 5.10 Å². The molecule has 8 heteroatoms. The average Bonchev–Trinajstić information content (AvgIpc) is 3.45. The summed E-state index contributed by atoms with van der Waals surface area (Å²) in [6, 6.07) is 5.95. The minimum absolute atomic E-state index is 0.0684. The van der Waals surface area contributed by atoms with Gasteiger partial charge in [0, 0.05) is 18.7 Å². The SMILES string of the molecule is Cc1ccc2cc([C@H](c3nnnn3C[C@H]3CCCO3)N3CCC[C@@H](C)C3)c(=O)[nH]c2c1C. The van der Waals surface area contributed by atoms with Gasteiger partial charge >= 0.3 is 0 Å². The fourth-order valence-electron chi connectivity index (χ4n) is 5.22. The van der Waals surface area contributed by atoms with E-state index in [1.807, 2.05) is 10.7 Å². The summed E-state index contributed by atoms with van der Waals surface area (Å²) < 4.78 is 7.69. The number of pyridine rings is 1. The zero-order chi connectivity index (χ0) is 22.2. The Kier molecular flexibility index (Phi) is 5.82. The lowest BCUT2D eigenvalue weighted by Crippen LogP contribution is -2.41. The number of ether oxygens (including phenoxy) is 1. The van der Waals surface area contributed by atoms with Crippen molar-refractivity contribution >= 4 is 10.9 Å². The highest BCUT2D eigenvalue weighted by atomic mass is 16.5. The van der Waals surface area contributed by atoms with E-state index >= 15 is 0 Å². The van der Waals surface area contributed by atoms with Gasteiger partial charge in [0.15, 0.2) is 5.82 Å². The number of rotatable bonds is 5. The first kappa shape index (κ1) is 21.3. The Morgan fingerprint density at radius 2 is 2.12 bits per heavy atom. The first-order valence-electron chi connectivity index (χ1n) is 11.8. The van der Waals surface area contributed by atoms with E-state index in [0.29, 0.717) is 18.0 Å². The maximum Gasteiger partial charge on any atom is 0.253 e. The Morgan fingerprint density at radius 3 is 2.91 bits per heavy atom. The summed E-state index contributed by atoms with van der Waals surface area (Å²) in [4.78, 5) is 19.0. The maximum absolute atomic E-state index is 13.4. The van der Waals surface area contributed by atoms with Crippen molar-refractivity contribution in [1.29, 1.82) is 0 Å². The molecule has 0 bridgehead atoms. The van der Waals surface area contributed by atoms with Crippen LogP contribution in [0, 0.1) is 19.8 Å². The van der Waals surface area contributed by atoms with E-state index in [2.05, 4.69) is 58.3 Å². The van der Waals surface area contributed by atoms with Gasteiger partial charge in [0.1, 0.15) is 6.04 Å². The molecule has 1 aromatic carbocycles. The highest BCUT2D eigenvalue weighted by Gasteiger charge is 2.33. The average molecular weight is 437 g/mol. The molecule has 0 saturated carbocycles. The second-order valence-corrected chi connectivity index (χ2v) is 9.52. The van der Waals surface area contributed by atoms with E-state index in [1.54, 1.807) is 0 Å². The molecule has 170 valence electrons. The van der Waals surface area contributed by atoms with Crippen LogP contribution in [0.25, 0.3) is 10.9 Å². The van der Waals surface area contributed by atoms with Crippen LogP contribution in [0.15, 0.2) is 23.0 Å². The molecule has 0 spiro atoms. The van der Waals surface area contributed by atoms with Gasteiger partial charge in [-0.2, -0.15) is 0 Å². The first-order valence-corrected chi connectivity index (χ1v) is 11.8. The molecule has 2 aliphatic heterocycles. The number of piperidine rings is 1. The number of hydrogen-bond acceptors (Lipinski definition) is 6. The lowest BCUT2D eigenvalue weighted by atomic mass is 9.95.